The maximum Gasteiger partial charge on any atom is 0.166 e. The second-order valence-corrected chi connectivity index (χ2v) is 8.39. The van der Waals surface area contributed by atoms with Gasteiger partial charge in [-0.2, -0.15) is 5.10 Å². The Morgan fingerprint density at radius 1 is 1.06 bits per heavy atom. The first kappa shape index (κ1) is 20.5. The van der Waals surface area contributed by atoms with Crippen LogP contribution in [0.3, 0.4) is 0 Å². The second-order valence-electron chi connectivity index (χ2n) is 7.96. The Morgan fingerprint density at radius 2 is 1.84 bits per heavy atom. The molecule has 2 aromatic heterocycles. The number of ether oxygens (including phenoxy) is 2. The molecule has 6 nitrogen and oxygen atoms in total. The molecule has 2 heterocycles. The number of Topliss-reactive ketones (excluding diaryl/α,β-unsaturated/α-hetero) is 1. The summed E-state index contributed by atoms with van der Waals surface area (Å²) in [6.45, 7) is 1.96. The lowest BCUT2D eigenvalue weighted by Gasteiger charge is -2.25. The number of benzene rings is 2. The van der Waals surface area contributed by atoms with E-state index in [1.54, 1.807) is 20.4 Å². The van der Waals surface area contributed by atoms with Gasteiger partial charge in [-0.15, -0.1) is 0 Å². The monoisotopic (exact) mass is 447 g/mol. The van der Waals surface area contributed by atoms with Crippen LogP contribution in [-0.4, -0.2) is 34.6 Å². The highest BCUT2D eigenvalue weighted by Crippen LogP contribution is 2.39. The van der Waals surface area contributed by atoms with E-state index in [9.17, 15) is 4.79 Å². The molecule has 0 spiro atoms. The van der Waals surface area contributed by atoms with Gasteiger partial charge in [0.05, 0.1) is 31.2 Å². The van der Waals surface area contributed by atoms with E-state index in [1.807, 2.05) is 53.9 Å². The third-order valence-electron chi connectivity index (χ3n) is 6.10. The van der Waals surface area contributed by atoms with Crippen LogP contribution in [0.15, 0.2) is 48.7 Å². The first-order valence-corrected chi connectivity index (χ1v) is 10.8. The number of hydrogen-bond acceptors (Lipinski definition) is 5. The molecule has 0 unspecified atom stereocenters. The number of halogens is 1. The molecular weight excluding hydrogens is 426 g/mol. The highest BCUT2D eigenvalue weighted by atomic mass is 35.5. The minimum atomic E-state index is -0.0232. The van der Waals surface area contributed by atoms with Crippen LogP contribution in [0, 0.1) is 6.92 Å². The molecule has 1 aliphatic carbocycles. The van der Waals surface area contributed by atoms with Crippen molar-refractivity contribution in [1.82, 2.24) is 14.6 Å². The molecule has 162 valence electrons. The van der Waals surface area contributed by atoms with Crippen LogP contribution < -0.4 is 9.47 Å². The van der Waals surface area contributed by atoms with E-state index >= 15 is 0 Å². The standard InChI is InChI=1S/C25H22ClN3O3/c1-14-24(15-4-6-17(26)7-5-15)25-27-13-20-21(29(25)28-14)10-16(11-22(20)30)19-9-8-18(31-2)12-23(19)32-3/h4-9,12-13,16H,10-11H2,1-3H3/t16-/m1/s1. The summed E-state index contributed by atoms with van der Waals surface area (Å²) in [5.74, 6) is 1.47. The molecule has 0 bridgehead atoms. The number of fused-ring (bicyclic) bond motifs is 3. The quantitative estimate of drug-likeness (QED) is 0.425. The highest BCUT2D eigenvalue weighted by molar-refractivity contribution is 6.30. The first-order chi connectivity index (χ1) is 15.5. The van der Waals surface area contributed by atoms with Gasteiger partial charge < -0.3 is 9.47 Å². The van der Waals surface area contributed by atoms with Crippen molar-refractivity contribution >= 4 is 23.0 Å². The van der Waals surface area contributed by atoms with Crippen molar-refractivity contribution in [2.75, 3.05) is 14.2 Å². The normalized spacial score (nSPS) is 15.6. The van der Waals surface area contributed by atoms with Gasteiger partial charge in [-0.25, -0.2) is 9.50 Å². The number of carbonyl (C=O) groups is 1. The lowest BCUT2D eigenvalue weighted by molar-refractivity contribution is 0.0961. The lowest BCUT2D eigenvalue weighted by atomic mass is 9.81. The largest absolute Gasteiger partial charge is 0.497 e. The minimum Gasteiger partial charge on any atom is -0.497 e. The van der Waals surface area contributed by atoms with Crippen LogP contribution in [-0.2, 0) is 6.42 Å². The summed E-state index contributed by atoms with van der Waals surface area (Å²) in [5, 5.41) is 5.45. The maximum atomic E-state index is 13.1. The third-order valence-corrected chi connectivity index (χ3v) is 6.36. The smallest absolute Gasteiger partial charge is 0.166 e. The SMILES string of the molecule is COc1ccc([C@H]2CC(=O)c3cnc4c(-c5ccc(Cl)cc5)c(C)nn4c3C2)c(OC)c1. The Hall–Kier alpha value is -3.38. The average Bonchev–Trinajstić information content (AvgIpc) is 3.15. The van der Waals surface area contributed by atoms with Crippen LogP contribution in [0.2, 0.25) is 5.02 Å². The van der Waals surface area contributed by atoms with Gasteiger partial charge in [0.15, 0.2) is 11.4 Å². The van der Waals surface area contributed by atoms with Crippen molar-refractivity contribution in [2.45, 2.75) is 25.7 Å². The van der Waals surface area contributed by atoms with Crippen LogP contribution >= 0.6 is 11.6 Å². The minimum absolute atomic E-state index is 0.0232. The molecule has 0 amide bonds. The van der Waals surface area contributed by atoms with E-state index in [4.69, 9.17) is 26.2 Å². The zero-order valence-electron chi connectivity index (χ0n) is 18.1. The number of methoxy groups -OCH3 is 2. The Kier molecular flexibility index (Phi) is 5.10. The van der Waals surface area contributed by atoms with E-state index in [-0.39, 0.29) is 11.7 Å². The molecule has 1 aliphatic rings. The van der Waals surface area contributed by atoms with Gasteiger partial charge in [-0.1, -0.05) is 29.8 Å². The lowest BCUT2D eigenvalue weighted by Crippen LogP contribution is -2.23. The van der Waals surface area contributed by atoms with Crippen LogP contribution in [0.5, 0.6) is 11.5 Å². The fourth-order valence-electron chi connectivity index (χ4n) is 4.54. The van der Waals surface area contributed by atoms with Crippen molar-refractivity contribution in [3.05, 3.63) is 76.2 Å². The summed E-state index contributed by atoms with van der Waals surface area (Å²) in [6, 6.07) is 13.4. The van der Waals surface area contributed by atoms with Crippen molar-refractivity contribution in [3.63, 3.8) is 0 Å². The summed E-state index contributed by atoms with van der Waals surface area (Å²) in [6.07, 6.45) is 2.74. The molecule has 0 aliphatic heterocycles. The Labute approximate surface area is 190 Å². The van der Waals surface area contributed by atoms with Crippen molar-refractivity contribution in [3.8, 4) is 22.6 Å². The molecule has 7 heteroatoms. The van der Waals surface area contributed by atoms with Crippen LogP contribution in [0.25, 0.3) is 16.8 Å². The zero-order chi connectivity index (χ0) is 22.4. The molecule has 0 saturated carbocycles. The summed E-state index contributed by atoms with van der Waals surface area (Å²) in [4.78, 5) is 17.7. The van der Waals surface area contributed by atoms with Gasteiger partial charge in [0.2, 0.25) is 0 Å². The Bertz CT molecular complexity index is 1350. The third kappa shape index (κ3) is 3.31. The fourth-order valence-corrected chi connectivity index (χ4v) is 4.66. The molecular formula is C25H22ClN3O3. The molecule has 0 N–H and O–H groups in total. The summed E-state index contributed by atoms with van der Waals surface area (Å²) < 4.78 is 12.8. The van der Waals surface area contributed by atoms with Gasteiger partial charge in [0, 0.05) is 35.2 Å². The summed E-state index contributed by atoms with van der Waals surface area (Å²) in [5.41, 5.74) is 6.01. The van der Waals surface area contributed by atoms with E-state index in [1.165, 1.54) is 0 Å². The van der Waals surface area contributed by atoms with Gasteiger partial charge >= 0.3 is 0 Å². The Balaban J connectivity index is 1.63. The number of rotatable bonds is 4. The van der Waals surface area contributed by atoms with E-state index in [0.29, 0.717) is 23.4 Å². The molecule has 0 fully saturated rings. The molecule has 32 heavy (non-hydrogen) atoms. The van der Waals surface area contributed by atoms with Crippen molar-refractivity contribution in [1.29, 1.82) is 0 Å². The number of aromatic nitrogens is 3. The van der Waals surface area contributed by atoms with Crippen LogP contribution in [0.1, 0.15) is 39.6 Å². The van der Waals surface area contributed by atoms with Gasteiger partial charge in [-0.3, -0.25) is 4.79 Å². The fraction of sp³-hybridized carbons (Fsp3) is 0.240. The van der Waals surface area contributed by atoms with E-state index in [0.717, 1.165) is 45.2 Å². The Morgan fingerprint density at radius 3 is 2.56 bits per heavy atom. The number of nitrogens with zero attached hydrogens (tertiary/aromatic N) is 3. The number of ketones is 1. The molecule has 1 atom stereocenters. The second kappa shape index (κ2) is 7.95. The molecule has 4 aromatic rings. The summed E-state index contributed by atoms with van der Waals surface area (Å²) >= 11 is 6.07. The predicted molar refractivity (Wildman–Crippen MR) is 123 cm³/mol. The zero-order valence-corrected chi connectivity index (χ0v) is 18.8. The van der Waals surface area contributed by atoms with Crippen molar-refractivity contribution in [2.24, 2.45) is 0 Å². The molecule has 2 aromatic carbocycles. The highest BCUT2D eigenvalue weighted by Gasteiger charge is 2.31. The topological polar surface area (TPSA) is 65.7 Å². The first-order valence-electron chi connectivity index (χ1n) is 10.4. The van der Waals surface area contributed by atoms with Gasteiger partial charge in [0.25, 0.3) is 0 Å². The van der Waals surface area contributed by atoms with Crippen molar-refractivity contribution < 1.29 is 14.3 Å². The number of carbonyl (C=O) groups excluding carboxylic acids is 1. The predicted octanol–water partition coefficient (Wildman–Crippen LogP) is 5.29. The molecule has 0 radical (unpaired) electrons. The van der Waals surface area contributed by atoms with E-state index in [2.05, 4.69) is 4.98 Å². The summed E-state index contributed by atoms with van der Waals surface area (Å²) in [7, 11) is 3.26. The molecule has 5 rings (SSSR count). The van der Waals surface area contributed by atoms with Gasteiger partial charge in [-0.05, 0) is 42.7 Å². The molecule has 0 saturated heterocycles. The number of hydrogen-bond donors (Lipinski definition) is 0. The van der Waals surface area contributed by atoms with Crippen LogP contribution in [0.4, 0.5) is 0 Å². The maximum absolute atomic E-state index is 13.1. The average molecular weight is 448 g/mol. The van der Waals surface area contributed by atoms with Gasteiger partial charge in [0.1, 0.15) is 11.5 Å². The van der Waals surface area contributed by atoms with E-state index < -0.39 is 0 Å². The number of aryl methyl sites for hydroxylation is 1.